The van der Waals surface area contributed by atoms with E-state index in [1.54, 1.807) is 29.2 Å². The summed E-state index contributed by atoms with van der Waals surface area (Å²) in [4.78, 5) is 14.3. The third-order valence-electron chi connectivity index (χ3n) is 3.55. The molecule has 0 aromatic heterocycles. The minimum Gasteiger partial charge on any atom is -0.341 e. The number of nitrogens with zero attached hydrogens (tertiary/aromatic N) is 2. The molecule has 116 valence electrons. The number of hydrogen-bond donors (Lipinski definition) is 1. The molecule has 1 fully saturated rings. The Morgan fingerprint density at radius 1 is 1.19 bits per heavy atom. The monoisotopic (exact) mass is 311 g/mol. The Kier molecular flexibility index (Phi) is 4.97. The fourth-order valence-corrected chi connectivity index (χ4v) is 3.03. The number of hydrogen-bond acceptors (Lipinski definition) is 3. The van der Waals surface area contributed by atoms with Crippen LogP contribution in [-0.4, -0.2) is 50.7 Å². The molecular formula is C14H21N3O3S. The van der Waals surface area contributed by atoms with Gasteiger partial charge in [0.1, 0.15) is 6.04 Å². The second kappa shape index (κ2) is 6.55. The molecule has 2 rings (SSSR count). The predicted octanol–water partition coefficient (Wildman–Crippen LogP) is 0.746. The molecule has 0 saturated carbocycles. The van der Waals surface area contributed by atoms with E-state index in [4.69, 9.17) is 0 Å². The highest BCUT2D eigenvalue weighted by atomic mass is 32.2. The minimum absolute atomic E-state index is 0.191. The summed E-state index contributed by atoms with van der Waals surface area (Å²) in [5.41, 5.74) is 0.653. The van der Waals surface area contributed by atoms with Crippen molar-refractivity contribution in [3.63, 3.8) is 0 Å². The van der Waals surface area contributed by atoms with Crippen molar-refractivity contribution in [3.8, 4) is 0 Å². The average molecular weight is 311 g/mol. The molecule has 1 N–H and O–H groups in total. The summed E-state index contributed by atoms with van der Waals surface area (Å²) in [7, 11) is -0.814. The molecule has 1 unspecified atom stereocenters. The highest BCUT2D eigenvalue weighted by Crippen LogP contribution is 2.20. The highest BCUT2D eigenvalue weighted by molar-refractivity contribution is 7.87. The van der Waals surface area contributed by atoms with Crippen LogP contribution < -0.4 is 4.72 Å². The molecule has 1 aliphatic rings. The van der Waals surface area contributed by atoms with Crippen LogP contribution in [0.1, 0.15) is 24.4 Å². The van der Waals surface area contributed by atoms with Gasteiger partial charge in [-0.3, -0.25) is 4.79 Å². The molecule has 1 aromatic carbocycles. The third-order valence-corrected chi connectivity index (χ3v) is 5.04. The van der Waals surface area contributed by atoms with Gasteiger partial charge in [0, 0.05) is 27.2 Å². The zero-order chi connectivity index (χ0) is 15.5. The number of carbonyl (C=O) groups is 1. The summed E-state index contributed by atoms with van der Waals surface area (Å²) in [6.07, 6.45) is 1.93. The molecule has 1 aromatic rings. The standard InChI is InChI=1S/C14H21N3O3S/c1-16(2)21(19,20)15-13(12-8-4-3-5-9-12)14(18)17-10-6-7-11-17/h3-5,8-9,13,15H,6-7,10-11H2,1-2H3. The first-order valence-corrected chi connectivity index (χ1v) is 8.39. The Morgan fingerprint density at radius 3 is 2.29 bits per heavy atom. The number of carbonyl (C=O) groups excluding carboxylic acids is 1. The van der Waals surface area contributed by atoms with E-state index in [0.717, 1.165) is 17.1 Å². The van der Waals surface area contributed by atoms with Gasteiger partial charge in [-0.1, -0.05) is 30.3 Å². The lowest BCUT2D eigenvalue weighted by atomic mass is 10.1. The van der Waals surface area contributed by atoms with Gasteiger partial charge in [0.15, 0.2) is 0 Å². The molecule has 7 heteroatoms. The van der Waals surface area contributed by atoms with E-state index >= 15 is 0 Å². The Hall–Kier alpha value is -1.44. The lowest BCUT2D eigenvalue weighted by molar-refractivity contribution is -0.132. The molecule has 0 aliphatic carbocycles. The van der Waals surface area contributed by atoms with Crippen molar-refractivity contribution in [2.75, 3.05) is 27.2 Å². The van der Waals surface area contributed by atoms with E-state index in [1.807, 2.05) is 6.07 Å². The Labute approximate surface area is 125 Å². The van der Waals surface area contributed by atoms with E-state index in [9.17, 15) is 13.2 Å². The normalized spacial score (nSPS) is 17.2. The molecular weight excluding hydrogens is 290 g/mol. The first-order valence-electron chi connectivity index (χ1n) is 6.95. The fourth-order valence-electron chi connectivity index (χ4n) is 2.28. The molecule has 0 spiro atoms. The Balaban J connectivity index is 2.28. The average Bonchev–Trinajstić information content (AvgIpc) is 2.99. The van der Waals surface area contributed by atoms with Crippen LogP contribution >= 0.6 is 0 Å². The largest absolute Gasteiger partial charge is 0.341 e. The van der Waals surface area contributed by atoms with Gasteiger partial charge in [0.05, 0.1) is 0 Å². The van der Waals surface area contributed by atoms with Gasteiger partial charge in [-0.25, -0.2) is 0 Å². The van der Waals surface area contributed by atoms with Crippen molar-refractivity contribution < 1.29 is 13.2 Å². The molecule has 0 bridgehead atoms. The van der Waals surface area contributed by atoms with Crippen LogP contribution in [0.15, 0.2) is 30.3 Å². The van der Waals surface area contributed by atoms with Crippen LogP contribution in [0.25, 0.3) is 0 Å². The van der Waals surface area contributed by atoms with Crippen molar-refractivity contribution in [2.45, 2.75) is 18.9 Å². The number of benzene rings is 1. The lowest BCUT2D eigenvalue weighted by Crippen LogP contribution is -2.45. The van der Waals surface area contributed by atoms with E-state index in [0.29, 0.717) is 18.7 Å². The van der Waals surface area contributed by atoms with Crippen LogP contribution in [0.4, 0.5) is 0 Å². The Morgan fingerprint density at radius 2 is 1.76 bits per heavy atom. The molecule has 1 heterocycles. The molecule has 1 saturated heterocycles. The van der Waals surface area contributed by atoms with Gasteiger partial charge in [-0.15, -0.1) is 0 Å². The zero-order valence-electron chi connectivity index (χ0n) is 12.3. The third kappa shape index (κ3) is 3.81. The molecule has 0 radical (unpaired) electrons. The number of likely N-dealkylation sites (tertiary alicyclic amines) is 1. The van der Waals surface area contributed by atoms with Crippen molar-refractivity contribution in [1.29, 1.82) is 0 Å². The van der Waals surface area contributed by atoms with Crippen LogP contribution in [0.3, 0.4) is 0 Å². The zero-order valence-corrected chi connectivity index (χ0v) is 13.1. The molecule has 1 aliphatic heterocycles. The van der Waals surface area contributed by atoms with Crippen LogP contribution in [0, 0.1) is 0 Å². The van der Waals surface area contributed by atoms with Gasteiger partial charge in [0.2, 0.25) is 5.91 Å². The lowest BCUT2D eigenvalue weighted by Gasteiger charge is -2.25. The van der Waals surface area contributed by atoms with Crippen LogP contribution in [0.5, 0.6) is 0 Å². The first-order chi connectivity index (χ1) is 9.92. The van der Waals surface area contributed by atoms with Crippen molar-refractivity contribution >= 4 is 16.1 Å². The smallest absolute Gasteiger partial charge is 0.279 e. The SMILES string of the molecule is CN(C)S(=O)(=O)NC(C(=O)N1CCCC1)c1ccccc1. The summed E-state index contributed by atoms with van der Waals surface area (Å²) in [5.74, 6) is -0.191. The summed E-state index contributed by atoms with van der Waals surface area (Å²) in [5, 5.41) is 0. The van der Waals surface area contributed by atoms with Crippen molar-refractivity contribution in [2.24, 2.45) is 0 Å². The van der Waals surface area contributed by atoms with E-state index < -0.39 is 16.3 Å². The number of nitrogens with one attached hydrogen (secondary N) is 1. The molecule has 1 atom stereocenters. The van der Waals surface area contributed by atoms with Crippen molar-refractivity contribution in [1.82, 2.24) is 13.9 Å². The second-order valence-corrected chi connectivity index (χ2v) is 7.20. The maximum atomic E-state index is 12.6. The molecule has 21 heavy (non-hydrogen) atoms. The fraction of sp³-hybridized carbons (Fsp3) is 0.500. The van der Waals surface area contributed by atoms with Gasteiger partial charge in [-0.2, -0.15) is 17.4 Å². The maximum Gasteiger partial charge on any atom is 0.279 e. The summed E-state index contributed by atoms with van der Waals surface area (Å²) in [6, 6.07) is 8.07. The van der Waals surface area contributed by atoms with Gasteiger partial charge in [-0.05, 0) is 18.4 Å². The molecule has 1 amide bonds. The summed E-state index contributed by atoms with van der Waals surface area (Å²) >= 11 is 0. The quantitative estimate of drug-likeness (QED) is 0.872. The second-order valence-electron chi connectivity index (χ2n) is 5.28. The number of rotatable bonds is 5. The Bertz CT molecular complexity index is 581. The van der Waals surface area contributed by atoms with Crippen LogP contribution in [0.2, 0.25) is 0 Å². The maximum absolute atomic E-state index is 12.6. The van der Waals surface area contributed by atoms with Crippen LogP contribution in [-0.2, 0) is 15.0 Å². The summed E-state index contributed by atoms with van der Waals surface area (Å²) < 4.78 is 27.7. The number of amides is 1. The first kappa shape index (κ1) is 15.9. The highest BCUT2D eigenvalue weighted by Gasteiger charge is 2.31. The van der Waals surface area contributed by atoms with Gasteiger partial charge >= 0.3 is 0 Å². The van der Waals surface area contributed by atoms with E-state index in [2.05, 4.69) is 4.72 Å². The predicted molar refractivity (Wildman–Crippen MR) is 80.7 cm³/mol. The van der Waals surface area contributed by atoms with Gasteiger partial charge in [0.25, 0.3) is 10.2 Å². The summed E-state index contributed by atoms with van der Waals surface area (Å²) in [6.45, 7) is 1.37. The minimum atomic E-state index is -3.68. The topological polar surface area (TPSA) is 69.7 Å². The van der Waals surface area contributed by atoms with Gasteiger partial charge < -0.3 is 4.90 Å². The van der Waals surface area contributed by atoms with Crippen molar-refractivity contribution in [3.05, 3.63) is 35.9 Å². The molecule has 6 nitrogen and oxygen atoms in total. The van der Waals surface area contributed by atoms with E-state index in [-0.39, 0.29) is 5.91 Å². The van der Waals surface area contributed by atoms with E-state index in [1.165, 1.54) is 14.1 Å².